The quantitative estimate of drug-likeness (QED) is 0.815. The molecular weight excluding hydrogens is 220 g/mol. The van der Waals surface area contributed by atoms with E-state index in [1.165, 1.54) is 0 Å². The van der Waals surface area contributed by atoms with Crippen molar-refractivity contribution in [2.45, 2.75) is 0 Å². The van der Waals surface area contributed by atoms with E-state index in [1.807, 2.05) is 22.6 Å². The van der Waals surface area contributed by atoms with Crippen LogP contribution in [0, 0.1) is 5.92 Å². The fourth-order valence-corrected chi connectivity index (χ4v) is 2.09. The van der Waals surface area contributed by atoms with Gasteiger partial charge in [-0.05, 0) is 6.07 Å². The Kier molecular flexibility index (Phi) is 2.04. The van der Waals surface area contributed by atoms with Crippen LogP contribution in [0.2, 0.25) is 0 Å². The number of aryl methyl sites for hydroxylation is 1. The maximum absolute atomic E-state index is 10.8. The molecule has 0 unspecified atom stereocenters. The minimum absolute atomic E-state index is 0.282. The molecule has 1 saturated heterocycles. The van der Waals surface area contributed by atoms with Gasteiger partial charge in [-0.15, -0.1) is 0 Å². The highest BCUT2D eigenvalue weighted by Crippen LogP contribution is 2.28. The summed E-state index contributed by atoms with van der Waals surface area (Å²) in [6, 6.07) is 1.90. The Morgan fingerprint density at radius 1 is 1.47 bits per heavy atom. The monoisotopic (exact) mass is 232 g/mol. The molecule has 0 aliphatic carbocycles. The molecule has 1 fully saturated rings. The second kappa shape index (κ2) is 3.44. The molecule has 6 nitrogen and oxygen atoms in total. The van der Waals surface area contributed by atoms with Crippen molar-refractivity contribution in [2.75, 3.05) is 18.0 Å². The second-order valence-electron chi connectivity index (χ2n) is 4.30. The molecule has 0 atom stereocenters. The summed E-state index contributed by atoms with van der Waals surface area (Å²) in [5.74, 6) is -0.245. The lowest BCUT2D eigenvalue weighted by molar-refractivity contribution is -0.142. The van der Waals surface area contributed by atoms with Gasteiger partial charge in [-0.1, -0.05) is 0 Å². The lowest BCUT2D eigenvalue weighted by Gasteiger charge is -2.37. The summed E-state index contributed by atoms with van der Waals surface area (Å²) in [5, 5.41) is 8.85. The molecule has 3 heterocycles. The number of carboxylic acids is 1. The molecule has 0 bridgehead atoms. The molecule has 3 rings (SSSR count). The third kappa shape index (κ3) is 1.44. The van der Waals surface area contributed by atoms with Gasteiger partial charge in [0.15, 0.2) is 5.82 Å². The smallest absolute Gasteiger partial charge is 0.310 e. The van der Waals surface area contributed by atoms with Crippen molar-refractivity contribution in [2.24, 2.45) is 13.0 Å². The van der Waals surface area contributed by atoms with E-state index in [2.05, 4.69) is 9.97 Å². The molecule has 2 aromatic rings. The standard InChI is InChI=1S/C11H12N4O2/c1-14-6-13-9-8(14)2-3-12-10(9)15-4-7(5-15)11(16)17/h2-3,6-7H,4-5H2,1H3,(H,16,17). The van der Waals surface area contributed by atoms with Gasteiger partial charge >= 0.3 is 5.97 Å². The molecule has 2 aromatic heterocycles. The summed E-state index contributed by atoms with van der Waals surface area (Å²) in [6.45, 7) is 1.02. The molecule has 0 spiro atoms. The van der Waals surface area contributed by atoms with Gasteiger partial charge in [-0.3, -0.25) is 4.79 Å². The molecule has 1 aliphatic heterocycles. The highest BCUT2D eigenvalue weighted by Gasteiger charge is 2.34. The lowest BCUT2D eigenvalue weighted by atomic mass is 10.0. The van der Waals surface area contributed by atoms with E-state index < -0.39 is 5.97 Å². The van der Waals surface area contributed by atoms with Crippen LogP contribution < -0.4 is 4.90 Å². The Labute approximate surface area is 97.5 Å². The van der Waals surface area contributed by atoms with Crippen LogP contribution in [-0.2, 0) is 11.8 Å². The first kappa shape index (κ1) is 10.1. The number of pyridine rings is 1. The average molecular weight is 232 g/mol. The number of hydrogen-bond donors (Lipinski definition) is 1. The molecule has 1 N–H and O–H groups in total. The van der Waals surface area contributed by atoms with Crippen LogP contribution in [0.4, 0.5) is 5.82 Å². The van der Waals surface area contributed by atoms with Crippen molar-refractivity contribution in [1.82, 2.24) is 14.5 Å². The number of aromatic nitrogens is 3. The molecule has 17 heavy (non-hydrogen) atoms. The van der Waals surface area contributed by atoms with Crippen LogP contribution in [0.1, 0.15) is 0 Å². The zero-order valence-electron chi connectivity index (χ0n) is 9.37. The zero-order chi connectivity index (χ0) is 12.0. The van der Waals surface area contributed by atoms with Crippen molar-refractivity contribution in [3.05, 3.63) is 18.6 Å². The number of rotatable bonds is 2. The number of carbonyl (C=O) groups is 1. The van der Waals surface area contributed by atoms with Crippen LogP contribution in [0.5, 0.6) is 0 Å². The first-order valence-electron chi connectivity index (χ1n) is 5.40. The van der Waals surface area contributed by atoms with E-state index in [0.29, 0.717) is 13.1 Å². The van der Waals surface area contributed by atoms with Crippen molar-refractivity contribution in [3.63, 3.8) is 0 Å². The second-order valence-corrected chi connectivity index (χ2v) is 4.30. The summed E-state index contributed by atoms with van der Waals surface area (Å²) in [4.78, 5) is 21.3. The topological polar surface area (TPSA) is 71.2 Å². The third-order valence-corrected chi connectivity index (χ3v) is 3.15. The molecule has 0 amide bonds. The molecule has 6 heteroatoms. The number of anilines is 1. The molecule has 1 aliphatic rings. The Morgan fingerprint density at radius 2 is 2.24 bits per heavy atom. The van der Waals surface area contributed by atoms with E-state index >= 15 is 0 Å². The summed E-state index contributed by atoms with van der Waals surface area (Å²) < 4.78 is 1.93. The van der Waals surface area contributed by atoms with Crippen LogP contribution in [0.25, 0.3) is 11.0 Å². The first-order chi connectivity index (χ1) is 8.16. The Balaban J connectivity index is 1.94. The summed E-state index contributed by atoms with van der Waals surface area (Å²) in [7, 11) is 1.93. The predicted octanol–water partition coefficient (Wildman–Crippen LogP) is 0.489. The zero-order valence-corrected chi connectivity index (χ0v) is 9.37. The highest BCUT2D eigenvalue weighted by atomic mass is 16.4. The van der Waals surface area contributed by atoms with Gasteiger partial charge in [0.1, 0.15) is 5.52 Å². The Bertz CT molecular complexity index is 586. The Hall–Kier alpha value is -2.11. The van der Waals surface area contributed by atoms with E-state index in [9.17, 15) is 4.79 Å². The average Bonchev–Trinajstić information content (AvgIpc) is 2.59. The van der Waals surface area contributed by atoms with Crippen molar-refractivity contribution >= 4 is 22.8 Å². The number of fused-ring (bicyclic) bond motifs is 1. The van der Waals surface area contributed by atoms with E-state index in [0.717, 1.165) is 16.9 Å². The fourth-order valence-electron chi connectivity index (χ4n) is 2.09. The third-order valence-electron chi connectivity index (χ3n) is 3.15. The number of aliphatic carboxylic acids is 1. The van der Waals surface area contributed by atoms with Crippen LogP contribution in [0.3, 0.4) is 0 Å². The molecule has 0 aromatic carbocycles. The first-order valence-corrected chi connectivity index (χ1v) is 5.40. The maximum Gasteiger partial charge on any atom is 0.310 e. The fraction of sp³-hybridized carbons (Fsp3) is 0.364. The van der Waals surface area contributed by atoms with Gasteiger partial charge in [-0.2, -0.15) is 0 Å². The molecule has 0 radical (unpaired) electrons. The summed E-state index contributed by atoms with van der Waals surface area (Å²) >= 11 is 0. The van der Waals surface area contributed by atoms with Crippen molar-refractivity contribution < 1.29 is 9.90 Å². The SMILES string of the molecule is Cn1cnc2c(N3CC(C(=O)O)C3)nccc21. The van der Waals surface area contributed by atoms with Crippen LogP contribution >= 0.6 is 0 Å². The highest BCUT2D eigenvalue weighted by molar-refractivity contribution is 5.87. The number of carboxylic acid groups (broad SMARTS) is 1. The minimum atomic E-state index is -0.741. The van der Waals surface area contributed by atoms with Gasteiger partial charge in [-0.25, -0.2) is 9.97 Å². The van der Waals surface area contributed by atoms with E-state index in [1.54, 1.807) is 12.5 Å². The Morgan fingerprint density at radius 3 is 2.94 bits per heavy atom. The van der Waals surface area contributed by atoms with Crippen molar-refractivity contribution in [1.29, 1.82) is 0 Å². The van der Waals surface area contributed by atoms with Gasteiger partial charge in [0, 0.05) is 26.3 Å². The normalized spacial score (nSPS) is 16.2. The maximum atomic E-state index is 10.8. The van der Waals surface area contributed by atoms with Gasteiger partial charge in [0.25, 0.3) is 0 Å². The van der Waals surface area contributed by atoms with E-state index in [4.69, 9.17) is 5.11 Å². The van der Waals surface area contributed by atoms with E-state index in [-0.39, 0.29) is 5.92 Å². The number of hydrogen-bond acceptors (Lipinski definition) is 4. The van der Waals surface area contributed by atoms with Gasteiger partial charge in [0.05, 0.1) is 17.8 Å². The molecule has 88 valence electrons. The van der Waals surface area contributed by atoms with Gasteiger partial charge < -0.3 is 14.6 Å². The molecule has 0 saturated carbocycles. The summed E-state index contributed by atoms with van der Waals surface area (Å²) in [6.07, 6.45) is 3.47. The number of nitrogens with zero attached hydrogens (tertiary/aromatic N) is 4. The molecular formula is C11H12N4O2. The van der Waals surface area contributed by atoms with Gasteiger partial charge in [0.2, 0.25) is 0 Å². The lowest BCUT2D eigenvalue weighted by Crippen LogP contribution is -2.50. The number of imidazole rings is 1. The minimum Gasteiger partial charge on any atom is -0.481 e. The predicted molar refractivity (Wildman–Crippen MR) is 61.8 cm³/mol. The van der Waals surface area contributed by atoms with Crippen LogP contribution in [0.15, 0.2) is 18.6 Å². The van der Waals surface area contributed by atoms with Crippen molar-refractivity contribution in [3.8, 4) is 0 Å². The summed E-state index contributed by atoms with van der Waals surface area (Å²) in [5.41, 5.74) is 1.84. The largest absolute Gasteiger partial charge is 0.481 e. The van der Waals surface area contributed by atoms with Crippen LogP contribution in [-0.4, -0.2) is 38.7 Å².